The van der Waals surface area contributed by atoms with Crippen molar-refractivity contribution in [3.05, 3.63) is 54.0 Å². The lowest BCUT2D eigenvalue weighted by Crippen LogP contribution is -2.39. The second kappa shape index (κ2) is 11.1. The Balaban J connectivity index is 1.58. The predicted octanol–water partition coefficient (Wildman–Crippen LogP) is 4.56. The first kappa shape index (κ1) is 28.8. The summed E-state index contributed by atoms with van der Waals surface area (Å²) in [5, 5.41) is 2.82. The van der Waals surface area contributed by atoms with Crippen LogP contribution in [0.2, 0.25) is 0 Å². The Bertz CT molecular complexity index is 1360. The van der Waals surface area contributed by atoms with E-state index in [4.69, 9.17) is 4.74 Å². The number of nitrogens with one attached hydrogen (secondary N) is 1. The van der Waals surface area contributed by atoms with E-state index in [0.717, 1.165) is 12.3 Å². The number of esters is 1. The molecule has 4 rings (SSSR count). The molecule has 13 heteroatoms. The molecule has 0 saturated carbocycles. The summed E-state index contributed by atoms with van der Waals surface area (Å²) in [6, 6.07) is 9.96. The molecule has 1 amide bonds. The minimum Gasteiger partial charge on any atom is -0.455 e. The van der Waals surface area contributed by atoms with Gasteiger partial charge in [-0.05, 0) is 51.8 Å². The molecular formula is C27H32F3N7O3. The van der Waals surface area contributed by atoms with Crippen LogP contribution in [0.5, 0.6) is 0 Å². The average molecular weight is 560 g/mol. The van der Waals surface area contributed by atoms with Crippen molar-refractivity contribution < 1.29 is 27.5 Å². The van der Waals surface area contributed by atoms with E-state index in [0.29, 0.717) is 37.6 Å². The molecule has 1 aliphatic heterocycles. The molecule has 0 bridgehead atoms. The molecule has 0 atom stereocenters. The molecule has 0 spiro atoms. The minimum absolute atomic E-state index is 0.0295. The number of hydrogen-bond donors (Lipinski definition) is 1. The van der Waals surface area contributed by atoms with Gasteiger partial charge in [-0.2, -0.15) is 18.2 Å². The number of carbonyl (C=O) groups is 2. The van der Waals surface area contributed by atoms with Gasteiger partial charge in [0, 0.05) is 45.0 Å². The molecule has 2 aromatic heterocycles. The molecule has 0 radical (unpaired) electrons. The Morgan fingerprint density at radius 3 is 2.25 bits per heavy atom. The number of rotatable bonds is 6. The monoisotopic (exact) mass is 559 g/mol. The third kappa shape index (κ3) is 6.52. The largest absolute Gasteiger partial charge is 0.455 e. The summed E-state index contributed by atoms with van der Waals surface area (Å²) in [7, 11) is 3.55. The smallest absolute Gasteiger partial charge is 0.433 e. The van der Waals surface area contributed by atoms with E-state index in [9.17, 15) is 22.8 Å². The average Bonchev–Trinajstić information content (AvgIpc) is 3.27. The second-order valence-electron chi connectivity index (χ2n) is 10.7. The Labute approximate surface area is 230 Å². The topological polar surface area (TPSA) is 105 Å². The Morgan fingerprint density at radius 1 is 1.02 bits per heavy atom. The number of para-hydroxylation sites is 1. The van der Waals surface area contributed by atoms with Crippen LogP contribution in [0.25, 0.3) is 5.69 Å². The number of amides is 1. The van der Waals surface area contributed by atoms with Gasteiger partial charge in [0.15, 0.2) is 11.5 Å². The van der Waals surface area contributed by atoms with Crippen LogP contribution >= 0.6 is 0 Å². The van der Waals surface area contributed by atoms with Crippen LogP contribution in [0, 0.1) is 5.92 Å². The van der Waals surface area contributed by atoms with Gasteiger partial charge in [-0.3, -0.25) is 9.36 Å². The number of piperidine rings is 1. The molecule has 1 aromatic carbocycles. The molecule has 0 aliphatic carbocycles. The fourth-order valence-electron chi connectivity index (χ4n) is 4.35. The van der Waals surface area contributed by atoms with Crippen molar-refractivity contribution in [2.45, 2.75) is 45.4 Å². The highest BCUT2D eigenvalue weighted by Crippen LogP contribution is 2.32. The standard InChI is InChI=1S/C27H32F3N7O3/c1-26(2,3)40-23(39)20-21(34-25(35(4)5)37(20)18-9-7-6-8-10-18)33-22(38)17-12-15-36(16-13-17)24-31-14-11-19(32-24)27(28,29)30/h6-11,14,17H,12-13,15-16H2,1-5H3,(H,33,38). The summed E-state index contributed by atoms with van der Waals surface area (Å²) < 4.78 is 46.5. The van der Waals surface area contributed by atoms with Crippen molar-refractivity contribution in [2.75, 3.05) is 42.3 Å². The number of benzene rings is 1. The quantitative estimate of drug-likeness (QED) is 0.439. The normalized spacial score (nSPS) is 14.7. The van der Waals surface area contributed by atoms with Crippen molar-refractivity contribution in [3.8, 4) is 5.69 Å². The first-order valence-corrected chi connectivity index (χ1v) is 12.8. The molecule has 214 valence electrons. The molecule has 1 aliphatic rings. The van der Waals surface area contributed by atoms with Crippen LogP contribution in [0.15, 0.2) is 42.6 Å². The fraction of sp³-hybridized carbons (Fsp3) is 0.444. The molecule has 0 unspecified atom stereocenters. The van der Waals surface area contributed by atoms with Crippen LogP contribution in [0.1, 0.15) is 49.8 Å². The third-order valence-electron chi connectivity index (χ3n) is 6.19. The zero-order chi connectivity index (χ0) is 29.2. The van der Waals surface area contributed by atoms with E-state index < -0.39 is 29.4 Å². The minimum atomic E-state index is -4.57. The summed E-state index contributed by atoms with van der Waals surface area (Å²) in [6.45, 7) is 5.84. The van der Waals surface area contributed by atoms with E-state index in [1.807, 2.05) is 30.3 Å². The van der Waals surface area contributed by atoms with Gasteiger partial charge in [0.05, 0.1) is 0 Å². The molecule has 10 nitrogen and oxygen atoms in total. The summed E-state index contributed by atoms with van der Waals surface area (Å²) >= 11 is 0. The molecular weight excluding hydrogens is 527 g/mol. The van der Waals surface area contributed by atoms with Gasteiger partial charge in [-0.25, -0.2) is 14.8 Å². The molecule has 1 fully saturated rings. The number of halogens is 3. The number of nitrogens with zero attached hydrogens (tertiary/aromatic N) is 6. The molecule has 3 heterocycles. The first-order chi connectivity index (χ1) is 18.7. The van der Waals surface area contributed by atoms with Crippen molar-refractivity contribution >= 4 is 29.6 Å². The highest BCUT2D eigenvalue weighted by molar-refractivity contribution is 6.01. The summed E-state index contributed by atoms with van der Waals surface area (Å²) in [6.07, 6.45) is -2.79. The fourth-order valence-corrected chi connectivity index (χ4v) is 4.35. The van der Waals surface area contributed by atoms with Gasteiger partial charge in [0.2, 0.25) is 17.8 Å². The number of carbonyl (C=O) groups excluding carboxylic acids is 2. The van der Waals surface area contributed by atoms with E-state index in [1.54, 1.807) is 49.2 Å². The maximum atomic E-state index is 13.4. The van der Waals surface area contributed by atoms with Gasteiger partial charge in [-0.1, -0.05) is 18.2 Å². The lowest BCUT2D eigenvalue weighted by Gasteiger charge is -2.31. The zero-order valence-corrected chi connectivity index (χ0v) is 23.0. The lowest BCUT2D eigenvalue weighted by molar-refractivity contribution is -0.141. The maximum absolute atomic E-state index is 13.4. The summed E-state index contributed by atoms with van der Waals surface area (Å²) in [5.41, 5.74) is -1.07. The van der Waals surface area contributed by atoms with E-state index >= 15 is 0 Å². The van der Waals surface area contributed by atoms with Gasteiger partial charge in [0.25, 0.3) is 0 Å². The second-order valence-corrected chi connectivity index (χ2v) is 10.7. The molecule has 1 saturated heterocycles. The van der Waals surface area contributed by atoms with Gasteiger partial charge >= 0.3 is 12.1 Å². The predicted molar refractivity (Wildman–Crippen MR) is 144 cm³/mol. The van der Waals surface area contributed by atoms with Crippen molar-refractivity contribution in [2.24, 2.45) is 5.92 Å². The Morgan fingerprint density at radius 2 is 1.68 bits per heavy atom. The van der Waals surface area contributed by atoms with Crippen molar-refractivity contribution in [1.82, 2.24) is 19.5 Å². The molecule has 3 aromatic rings. The number of ether oxygens (including phenoxy) is 1. The Hall–Kier alpha value is -4.16. The molecule has 1 N–H and O–H groups in total. The van der Waals surface area contributed by atoms with Gasteiger partial charge in [-0.15, -0.1) is 0 Å². The summed E-state index contributed by atoms with van der Waals surface area (Å²) in [4.78, 5) is 42.3. The number of alkyl halides is 3. The highest BCUT2D eigenvalue weighted by Gasteiger charge is 2.35. The van der Waals surface area contributed by atoms with Crippen LogP contribution in [0.4, 0.5) is 30.9 Å². The zero-order valence-electron chi connectivity index (χ0n) is 23.0. The third-order valence-corrected chi connectivity index (χ3v) is 6.19. The van der Waals surface area contributed by atoms with Crippen LogP contribution in [0.3, 0.4) is 0 Å². The molecule has 40 heavy (non-hydrogen) atoms. The van der Waals surface area contributed by atoms with Crippen LogP contribution < -0.4 is 15.1 Å². The van der Waals surface area contributed by atoms with E-state index in [2.05, 4.69) is 20.3 Å². The van der Waals surface area contributed by atoms with Crippen LogP contribution in [-0.4, -0.2) is 64.2 Å². The number of imidazole rings is 1. The maximum Gasteiger partial charge on any atom is 0.433 e. The SMILES string of the molecule is CN(C)c1nc(NC(=O)C2CCN(c3nccc(C(F)(F)F)n3)CC2)c(C(=O)OC(C)(C)C)n1-c1ccccc1. The van der Waals surface area contributed by atoms with Gasteiger partial charge in [0.1, 0.15) is 11.3 Å². The Kier molecular flexibility index (Phi) is 8.03. The van der Waals surface area contributed by atoms with Gasteiger partial charge < -0.3 is 19.9 Å². The number of hydrogen-bond acceptors (Lipinski definition) is 8. The van der Waals surface area contributed by atoms with Crippen molar-refractivity contribution in [1.29, 1.82) is 0 Å². The number of aromatic nitrogens is 4. The number of anilines is 3. The first-order valence-electron chi connectivity index (χ1n) is 12.8. The highest BCUT2D eigenvalue weighted by atomic mass is 19.4. The summed E-state index contributed by atoms with van der Waals surface area (Å²) in [5.74, 6) is -1.01. The van der Waals surface area contributed by atoms with E-state index in [-0.39, 0.29) is 23.4 Å². The van der Waals surface area contributed by atoms with Crippen LogP contribution in [-0.2, 0) is 15.7 Å². The lowest BCUT2D eigenvalue weighted by atomic mass is 9.96. The van der Waals surface area contributed by atoms with E-state index in [1.165, 1.54) is 0 Å². The van der Waals surface area contributed by atoms with Crippen molar-refractivity contribution in [3.63, 3.8) is 0 Å².